The third kappa shape index (κ3) is 5.79. The van der Waals surface area contributed by atoms with Crippen LogP contribution in [0.25, 0.3) is 0 Å². The number of rotatable bonds is 11. The van der Waals surface area contributed by atoms with Gasteiger partial charge < -0.3 is 20.6 Å². The van der Waals surface area contributed by atoms with E-state index in [-0.39, 0.29) is 27.9 Å². The summed E-state index contributed by atoms with van der Waals surface area (Å²) in [6.45, 7) is 5.66. The fraction of sp³-hybridized carbons (Fsp3) is 0.391. The number of amidine groups is 1. The molecule has 2 rings (SSSR count). The molecule has 0 saturated heterocycles. The van der Waals surface area contributed by atoms with Crippen LogP contribution in [-0.4, -0.2) is 30.0 Å². The van der Waals surface area contributed by atoms with Crippen molar-refractivity contribution in [1.29, 1.82) is 5.41 Å². The van der Waals surface area contributed by atoms with Crippen LogP contribution in [0.4, 0.5) is 4.39 Å². The molecule has 0 unspecified atom stereocenters. The number of halogens is 1. The van der Waals surface area contributed by atoms with Crippen molar-refractivity contribution in [3.05, 3.63) is 51.5 Å². The molecule has 0 bridgehead atoms. The Hall–Kier alpha value is -3.07. The smallest absolute Gasteiger partial charge is 0.353 e. The maximum atomic E-state index is 14.2. The minimum absolute atomic E-state index is 0.188. The Morgan fingerprint density at radius 3 is 2.47 bits per heavy atom. The lowest BCUT2D eigenvalue weighted by Gasteiger charge is -2.31. The number of hydrogen-bond donors (Lipinski definition) is 3. The molecule has 32 heavy (non-hydrogen) atoms. The molecule has 9 heteroatoms. The molecule has 0 fully saturated rings. The number of aldehydes is 1. The molecule has 0 saturated carbocycles. The maximum Gasteiger partial charge on any atom is 0.353 e. The number of thiophene rings is 1. The van der Waals surface area contributed by atoms with Crippen molar-refractivity contribution in [3.8, 4) is 5.75 Å². The normalized spacial score (nSPS) is 12.1. The highest BCUT2D eigenvalue weighted by Gasteiger charge is 2.36. The molecule has 1 atom stereocenters. The molecule has 0 aliphatic heterocycles. The highest BCUT2D eigenvalue weighted by molar-refractivity contribution is 7.14. The minimum Gasteiger partial charge on any atom is -0.419 e. The number of carbonyl (C=O) groups excluding carboxylic acids is 3. The molecular weight excluding hydrogens is 433 g/mol. The summed E-state index contributed by atoms with van der Waals surface area (Å²) in [5.74, 6) is -2.25. The molecule has 1 amide bonds. The van der Waals surface area contributed by atoms with Crippen LogP contribution in [0.15, 0.2) is 30.3 Å². The summed E-state index contributed by atoms with van der Waals surface area (Å²) in [5.41, 5.74) is 4.81. The average molecular weight is 462 g/mol. The minimum atomic E-state index is -0.795. The van der Waals surface area contributed by atoms with E-state index in [1.165, 1.54) is 23.5 Å². The predicted molar refractivity (Wildman–Crippen MR) is 122 cm³/mol. The Morgan fingerprint density at radius 1 is 1.25 bits per heavy atom. The number of nitrogen functional groups attached to an aromatic ring is 1. The van der Waals surface area contributed by atoms with Crippen molar-refractivity contribution in [1.82, 2.24) is 5.32 Å². The van der Waals surface area contributed by atoms with Crippen molar-refractivity contribution in [2.24, 2.45) is 11.1 Å². The first kappa shape index (κ1) is 25.2. The van der Waals surface area contributed by atoms with Gasteiger partial charge in [-0.15, -0.1) is 11.3 Å². The number of nitrogens with one attached hydrogen (secondary N) is 2. The summed E-state index contributed by atoms with van der Waals surface area (Å²) in [4.78, 5) is 37.6. The third-order valence-corrected chi connectivity index (χ3v) is 6.64. The first-order chi connectivity index (χ1) is 15.2. The van der Waals surface area contributed by atoms with Gasteiger partial charge in [0.1, 0.15) is 17.0 Å². The van der Waals surface area contributed by atoms with Gasteiger partial charge in [0.25, 0.3) is 0 Å². The van der Waals surface area contributed by atoms with Crippen LogP contribution in [0.2, 0.25) is 0 Å². The number of amides is 1. The zero-order chi connectivity index (χ0) is 23.9. The molecular formula is C23H28FN3O4S. The summed E-state index contributed by atoms with van der Waals surface area (Å²) in [5, 5.41) is 10.1. The van der Waals surface area contributed by atoms with Crippen LogP contribution < -0.4 is 15.8 Å². The summed E-state index contributed by atoms with van der Waals surface area (Å²) >= 11 is 1.18. The molecule has 1 aromatic heterocycles. The molecule has 0 radical (unpaired) electrons. The lowest BCUT2D eigenvalue weighted by molar-refractivity contribution is -0.133. The molecule has 2 aromatic rings. The zero-order valence-corrected chi connectivity index (χ0v) is 19.2. The number of benzene rings is 1. The number of ether oxygens (including phenoxy) is 1. The second kappa shape index (κ2) is 11.0. The Kier molecular flexibility index (Phi) is 8.65. The van der Waals surface area contributed by atoms with E-state index in [2.05, 4.69) is 5.32 Å². The topological polar surface area (TPSA) is 122 Å². The number of nitrogens with two attached hydrogens (primary N) is 1. The van der Waals surface area contributed by atoms with Gasteiger partial charge in [0.2, 0.25) is 5.91 Å². The Balaban J connectivity index is 2.16. The fourth-order valence-corrected chi connectivity index (χ4v) is 4.30. The summed E-state index contributed by atoms with van der Waals surface area (Å²) in [6, 6.07) is 6.48. The first-order valence-corrected chi connectivity index (χ1v) is 11.2. The molecule has 1 aromatic carbocycles. The van der Waals surface area contributed by atoms with Gasteiger partial charge >= 0.3 is 5.97 Å². The van der Waals surface area contributed by atoms with E-state index in [1.54, 1.807) is 12.1 Å². The van der Waals surface area contributed by atoms with E-state index in [0.717, 1.165) is 17.2 Å². The molecule has 0 aliphatic rings. The van der Waals surface area contributed by atoms with Crippen LogP contribution in [0.1, 0.15) is 60.1 Å². The Labute approximate surface area is 190 Å². The highest BCUT2D eigenvalue weighted by Crippen LogP contribution is 2.34. The van der Waals surface area contributed by atoms with E-state index in [0.29, 0.717) is 25.7 Å². The van der Waals surface area contributed by atoms with Crippen molar-refractivity contribution < 1.29 is 23.5 Å². The second-order valence-electron chi connectivity index (χ2n) is 7.50. The van der Waals surface area contributed by atoms with Gasteiger partial charge in [-0.2, -0.15) is 0 Å². The maximum absolute atomic E-state index is 14.2. The van der Waals surface area contributed by atoms with Crippen molar-refractivity contribution in [2.45, 2.75) is 52.5 Å². The Bertz CT molecular complexity index is 1000. The third-order valence-electron chi connectivity index (χ3n) is 5.58. The van der Waals surface area contributed by atoms with Crippen LogP contribution >= 0.6 is 11.3 Å². The van der Waals surface area contributed by atoms with Gasteiger partial charge in [0.05, 0.1) is 11.5 Å². The lowest BCUT2D eigenvalue weighted by Crippen LogP contribution is -2.46. The van der Waals surface area contributed by atoms with Crippen molar-refractivity contribution in [3.63, 3.8) is 0 Å². The van der Waals surface area contributed by atoms with E-state index in [9.17, 15) is 18.8 Å². The number of hydrogen-bond acceptors (Lipinski definition) is 6. The summed E-state index contributed by atoms with van der Waals surface area (Å²) < 4.78 is 19.3. The molecule has 0 aliphatic carbocycles. The fourth-order valence-electron chi connectivity index (χ4n) is 3.27. The zero-order valence-electron chi connectivity index (χ0n) is 18.4. The van der Waals surface area contributed by atoms with Crippen LogP contribution in [-0.2, 0) is 16.0 Å². The Morgan fingerprint density at radius 2 is 1.94 bits per heavy atom. The van der Waals surface area contributed by atoms with Crippen LogP contribution in [0.3, 0.4) is 0 Å². The number of carbonyl (C=O) groups is 3. The lowest BCUT2D eigenvalue weighted by atomic mass is 9.77. The van der Waals surface area contributed by atoms with Gasteiger partial charge in [-0.05, 0) is 56.0 Å². The van der Waals surface area contributed by atoms with E-state index in [1.807, 2.05) is 20.8 Å². The SMILES string of the molecule is CC[C@@H](C=O)NC(=O)C(CC)(CC)Cc1ccc(C(=O)Oc2ccc(C(=N)N)cc2F)s1. The van der Waals surface area contributed by atoms with Crippen molar-refractivity contribution in [2.75, 3.05) is 0 Å². The molecule has 172 valence electrons. The van der Waals surface area contributed by atoms with Gasteiger partial charge in [-0.1, -0.05) is 20.8 Å². The quantitative estimate of drug-likeness (QED) is 0.154. The van der Waals surface area contributed by atoms with Crippen LogP contribution in [0.5, 0.6) is 5.75 Å². The molecule has 7 nitrogen and oxygen atoms in total. The predicted octanol–water partition coefficient (Wildman–Crippen LogP) is 3.83. The largest absolute Gasteiger partial charge is 0.419 e. The number of esters is 1. The van der Waals surface area contributed by atoms with E-state index < -0.39 is 23.2 Å². The average Bonchev–Trinajstić information content (AvgIpc) is 3.25. The standard InChI is InChI=1S/C23H28FN3O4S/c1-4-15(13-28)27-22(30)23(5-2,6-3)12-16-8-10-19(32-16)21(29)31-18-9-7-14(20(25)26)11-17(18)24/h7-11,13,15H,4-6,12H2,1-3H3,(H3,25,26)(H,27,30)/t15-/m0/s1. The summed E-state index contributed by atoms with van der Waals surface area (Å²) in [7, 11) is 0. The van der Waals surface area contributed by atoms with E-state index in [4.69, 9.17) is 15.9 Å². The molecule has 4 N–H and O–H groups in total. The highest BCUT2D eigenvalue weighted by atomic mass is 32.1. The van der Waals surface area contributed by atoms with Gasteiger partial charge in [-0.3, -0.25) is 10.2 Å². The monoisotopic (exact) mass is 461 g/mol. The van der Waals surface area contributed by atoms with Crippen LogP contribution in [0, 0.1) is 16.6 Å². The molecule has 1 heterocycles. The first-order valence-electron chi connectivity index (χ1n) is 10.4. The van der Waals surface area contributed by atoms with Gasteiger partial charge in [0, 0.05) is 10.4 Å². The van der Waals surface area contributed by atoms with E-state index >= 15 is 0 Å². The van der Waals surface area contributed by atoms with Gasteiger partial charge in [0.15, 0.2) is 11.6 Å². The van der Waals surface area contributed by atoms with Gasteiger partial charge in [-0.25, -0.2) is 9.18 Å². The summed E-state index contributed by atoms with van der Waals surface area (Å²) in [6.07, 6.45) is 2.78. The second-order valence-corrected chi connectivity index (χ2v) is 8.67. The molecule has 0 spiro atoms. The van der Waals surface area contributed by atoms with Crippen molar-refractivity contribution >= 4 is 35.3 Å².